The first kappa shape index (κ1) is 24.2. The molecular formula is C20H25N9O7. The Morgan fingerprint density at radius 3 is 2.00 bits per heavy atom. The lowest BCUT2D eigenvalue weighted by Gasteiger charge is -2.13. The zero-order chi connectivity index (χ0) is 25.4. The number of fused-ring (bicyclic) bond motifs is 2. The first-order valence-corrected chi connectivity index (χ1v) is 11.1. The van der Waals surface area contributed by atoms with E-state index in [0.29, 0.717) is 35.5 Å². The van der Waals surface area contributed by atoms with E-state index in [-0.39, 0.29) is 24.3 Å². The molecule has 0 amide bonds. The number of ether oxygens (including phenoxy) is 2. The molecule has 2 aliphatic rings. The summed E-state index contributed by atoms with van der Waals surface area (Å²) in [6, 6.07) is 0. The van der Waals surface area contributed by atoms with E-state index in [1.54, 1.807) is 15.5 Å². The number of H-pyrrole nitrogens is 1. The highest BCUT2D eigenvalue weighted by Crippen LogP contribution is 2.31. The molecule has 2 aliphatic heterocycles. The highest BCUT2D eigenvalue weighted by molar-refractivity contribution is 5.81. The van der Waals surface area contributed by atoms with Gasteiger partial charge in [0.1, 0.15) is 36.5 Å². The van der Waals surface area contributed by atoms with E-state index < -0.39 is 36.9 Å². The van der Waals surface area contributed by atoms with Crippen molar-refractivity contribution < 1.29 is 29.9 Å². The third-order valence-corrected chi connectivity index (χ3v) is 6.14. The van der Waals surface area contributed by atoms with E-state index in [1.807, 2.05) is 0 Å². The summed E-state index contributed by atoms with van der Waals surface area (Å²) in [7, 11) is 0. The van der Waals surface area contributed by atoms with Crippen molar-refractivity contribution in [3.63, 3.8) is 0 Å². The van der Waals surface area contributed by atoms with Crippen LogP contribution in [0.5, 0.6) is 0 Å². The molecule has 0 aliphatic carbocycles. The maximum absolute atomic E-state index is 11.5. The number of hydrogen-bond donors (Lipinski definition) is 6. The number of hydrogen-bond acceptors (Lipinski definition) is 13. The normalized spacial score (nSPS) is 28.0. The summed E-state index contributed by atoms with van der Waals surface area (Å²) in [4.78, 5) is 34.0. The number of nitrogens with one attached hydrogen (secondary N) is 1. The average molecular weight is 503 g/mol. The maximum Gasteiger partial charge on any atom is 0.278 e. The van der Waals surface area contributed by atoms with Crippen LogP contribution >= 0.6 is 0 Å². The highest BCUT2D eigenvalue weighted by Gasteiger charge is 2.36. The molecule has 2 saturated heterocycles. The van der Waals surface area contributed by atoms with Gasteiger partial charge in [-0.1, -0.05) is 0 Å². The van der Waals surface area contributed by atoms with E-state index >= 15 is 0 Å². The van der Waals surface area contributed by atoms with Gasteiger partial charge in [0.05, 0.1) is 44.4 Å². The Kier molecular flexibility index (Phi) is 6.61. The quantitative estimate of drug-likeness (QED) is 0.174. The van der Waals surface area contributed by atoms with Gasteiger partial charge in [-0.2, -0.15) is 0 Å². The van der Waals surface area contributed by atoms with Crippen molar-refractivity contribution in [1.29, 1.82) is 0 Å². The number of nitrogens with two attached hydrogens (primary N) is 1. The predicted molar refractivity (Wildman–Crippen MR) is 121 cm³/mol. The molecule has 0 spiro atoms. The number of imidazole rings is 2. The Morgan fingerprint density at radius 1 is 0.889 bits per heavy atom. The average Bonchev–Trinajstić information content (AvgIpc) is 3.64. The van der Waals surface area contributed by atoms with Gasteiger partial charge in [0, 0.05) is 12.8 Å². The van der Waals surface area contributed by atoms with Gasteiger partial charge in [0.2, 0.25) is 0 Å². The van der Waals surface area contributed by atoms with Gasteiger partial charge in [-0.25, -0.2) is 24.9 Å². The molecule has 6 atom stereocenters. The van der Waals surface area contributed by atoms with Gasteiger partial charge in [-0.05, 0) is 0 Å². The molecule has 16 nitrogen and oxygen atoms in total. The lowest BCUT2D eigenvalue weighted by atomic mass is 10.2. The molecule has 192 valence electrons. The molecule has 4 aromatic rings. The Hall–Kier alpha value is -3.54. The maximum atomic E-state index is 11.5. The fourth-order valence-corrected chi connectivity index (χ4v) is 4.25. The molecule has 6 heterocycles. The van der Waals surface area contributed by atoms with E-state index in [2.05, 4.69) is 29.9 Å². The topological polar surface area (TPSA) is 233 Å². The molecule has 0 radical (unpaired) electrons. The second-order valence-electron chi connectivity index (χ2n) is 8.37. The van der Waals surface area contributed by atoms with Crippen LogP contribution < -0.4 is 11.3 Å². The van der Waals surface area contributed by atoms with Crippen molar-refractivity contribution in [2.24, 2.45) is 0 Å². The molecular weight excluding hydrogens is 478 g/mol. The fraction of sp³-hybridized carbons (Fsp3) is 0.500. The molecule has 2 fully saturated rings. The molecule has 0 saturated carbocycles. The number of aliphatic hydroxyl groups is 4. The van der Waals surface area contributed by atoms with Crippen LogP contribution in [-0.4, -0.2) is 97.1 Å². The third-order valence-electron chi connectivity index (χ3n) is 6.14. The Balaban J connectivity index is 0.000000148. The summed E-state index contributed by atoms with van der Waals surface area (Å²) in [6.45, 7) is -0.472. The Morgan fingerprint density at radius 2 is 1.44 bits per heavy atom. The minimum Gasteiger partial charge on any atom is -0.394 e. The van der Waals surface area contributed by atoms with Crippen molar-refractivity contribution in [2.75, 3.05) is 18.9 Å². The van der Waals surface area contributed by atoms with Crippen LogP contribution in [0.3, 0.4) is 0 Å². The Labute approximate surface area is 202 Å². The molecule has 6 rings (SSSR count). The monoisotopic (exact) mass is 503 g/mol. The number of aliphatic hydroxyl groups excluding tert-OH is 4. The van der Waals surface area contributed by atoms with Gasteiger partial charge >= 0.3 is 0 Å². The zero-order valence-corrected chi connectivity index (χ0v) is 18.8. The molecule has 0 bridgehead atoms. The van der Waals surface area contributed by atoms with Crippen LogP contribution in [0.15, 0.2) is 30.1 Å². The predicted octanol–water partition coefficient (Wildman–Crippen LogP) is -2.19. The van der Waals surface area contributed by atoms with Crippen LogP contribution in [0.2, 0.25) is 0 Å². The number of nitrogen functional groups attached to an aromatic ring is 1. The van der Waals surface area contributed by atoms with Gasteiger partial charge in [-0.3, -0.25) is 13.9 Å². The summed E-state index contributed by atoms with van der Waals surface area (Å²) < 4.78 is 14.3. The summed E-state index contributed by atoms with van der Waals surface area (Å²) in [5.41, 5.74) is 7.05. The summed E-state index contributed by atoms with van der Waals surface area (Å²) in [5, 5.41) is 37.5. The number of rotatable bonds is 4. The van der Waals surface area contributed by atoms with Crippen molar-refractivity contribution in [3.8, 4) is 0 Å². The SMILES string of the molecule is Nc1ncnc2c1ncn2[C@@H]1CC(O)[C@H](CO)O1.O=c1[nH]cnc2c1ncn2[C@@H]1CC(O)[C@H](CO)O1. The van der Waals surface area contributed by atoms with Crippen LogP contribution in [0.25, 0.3) is 22.3 Å². The largest absolute Gasteiger partial charge is 0.394 e. The zero-order valence-electron chi connectivity index (χ0n) is 18.8. The fourth-order valence-electron chi connectivity index (χ4n) is 4.25. The molecule has 16 heteroatoms. The molecule has 4 aromatic heterocycles. The lowest BCUT2D eigenvalue weighted by molar-refractivity contribution is -0.0432. The van der Waals surface area contributed by atoms with E-state index in [4.69, 9.17) is 25.4 Å². The van der Waals surface area contributed by atoms with Gasteiger partial charge in [0.15, 0.2) is 22.6 Å². The molecule has 2 unspecified atom stereocenters. The molecule has 0 aromatic carbocycles. The van der Waals surface area contributed by atoms with Gasteiger partial charge < -0.3 is 40.6 Å². The number of anilines is 1. The first-order valence-electron chi connectivity index (χ1n) is 11.1. The smallest absolute Gasteiger partial charge is 0.278 e. The van der Waals surface area contributed by atoms with E-state index in [0.717, 1.165) is 0 Å². The van der Waals surface area contributed by atoms with E-state index in [9.17, 15) is 15.0 Å². The number of aromatic amines is 1. The summed E-state index contributed by atoms with van der Waals surface area (Å²) in [5.74, 6) is 0.302. The minimum atomic E-state index is -0.737. The van der Waals surface area contributed by atoms with Crippen molar-refractivity contribution in [3.05, 3.63) is 35.7 Å². The minimum absolute atomic E-state index is 0.221. The van der Waals surface area contributed by atoms with Gasteiger partial charge in [0.25, 0.3) is 5.56 Å². The third kappa shape index (κ3) is 4.29. The lowest BCUT2D eigenvalue weighted by Crippen LogP contribution is -2.24. The number of nitrogens with zero attached hydrogens (tertiary/aromatic N) is 7. The summed E-state index contributed by atoms with van der Waals surface area (Å²) >= 11 is 0. The van der Waals surface area contributed by atoms with Crippen molar-refractivity contribution >= 4 is 28.1 Å². The second kappa shape index (κ2) is 9.84. The second-order valence-corrected chi connectivity index (χ2v) is 8.37. The van der Waals surface area contributed by atoms with Gasteiger partial charge in [-0.15, -0.1) is 0 Å². The van der Waals surface area contributed by atoms with Crippen LogP contribution in [-0.2, 0) is 9.47 Å². The van der Waals surface area contributed by atoms with Crippen LogP contribution in [0, 0.1) is 0 Å². The first-order chi connectivity index (χ1) is 17.4. The van der Waals surface area contributed by atoms with E-state index in [1.165, 1.54) is 19.0 Å². The Bertz CT molecular complexity index is 1410. The standard InChI is InChI=1S/C10H13N5O3.C10H12N4O4/c11-9-8-10(13-3-12-9)15(4-14-8)7-1-5(17)6(2-16)18-7;15-2-6-5(16)1-7(18-6)14-4-13-8-9(14)11-3-12-10(8)17/h3-7,16-17H,1-2H2,(H2,11,12,13);3-7,15-16H,1-2H2,(H,11,12,17)/t2*5?,6-,7-/m00/s1. The molecule has 7 N–H and O–H groups in total. The van der Waals surface area contributed by atoms with Crippen LogP contribution in [0.4, 0.5) is 5.82 Å². The number of aromatic nitrogens is 8. The highest BCUT2D eigenvalue weighted by atomic mass is 16.5. The summed E-state index contributed by atoms with van der Waals surface area (Å²) in [6.07, 6.45) is 2.83. The van der Waals surface area contributed by atoms with Crippen LogP contribution in [0.1, 0.15) is 25.3 Å². The molecule has 36 heavy (non-hydrogen) atoms. The van der Waals surface area contributed by atoms with Crippen molar-refractivity contribution in [2.45, 2.75) is 49.7 Å². The van der Waals surface area contributed by atoms with Crippen molar-refractivity contribution in [1.82, 2.24) is 39.0 Å².